The van der Waals surface area contributed by atoms with Crippen LogP contribution in [0.3, 0.4) is 0 Å². The third-order valence-electron chi connectivity index (χ3n) is 22.9. The first-order chi connectivity index (χ1) is 65.3. The van der Waals surface area contributed by atoms with Gasteiger partial charge in [0.1, 0.15) is 42.1 Å². The summed E-state index contributed by atoms with van der Waals surface area (Å²) >= 11 is 0. The lowest BCUT2D eigenvalue weighted by Crippen LogP contribution is -2.32. The molecule has 8 N–H and O–H groups in total. The topological polar surface area (TPSA) is 283 Å². The van der Waals surface area contributed by atoms with Crippen LogP contribution in [0, 0.1) is 5.82 Å². The molecule has 4 aliphatic rings. The van der Waals surface area contributed by atoms with Crippen LogP contribution in [0.2, 0.25) is 0 Å². The fourth-order valence-corrected chi connectivity index (χ4v) is 15.6. The molecule has 0 atom stereocenters. The van der Waals surface area contributed by atoms with Crippen molar-refractivity contribution in [1.82, 2.24) is 29.9 Å². The van der Waals surface area contributed by atoms with Gasteiger partial charge in [-0.1, -0.05) is 81.4 Å². The number of nitrogens with zero attached hydrogens (tertiary/aromatic N) is 6. The molecule has 2 fully saturated rings. The molecule has 7 aromatic carbocycles. The van der Waals surface area contributed by atoms with Crippen molar-refractivity contribution < 1.29 is 95.3 Å². The fourth-order valence-electron chi connectivity index (χ4n) is 15.6. The summed E-state index contributed by atoms with van der Waals surface area (Å²) in [5, 5.41) is 19.9. The Hall–Kier alpha value is -14.4. The van der Waals surface area contributed by atoms with Crippen molar-refractivity contribution in [3.8, 4) is 11.5 Å². The Kier molecular flexibility index (Phi) is 33.1. The lowest BCUT2D eigenvalue weighted by molar-refractivity contribution is -0.141. The van der Waals surface area contributed by atoms with Crippen LogP contribution in [0.25, 0.3) is 32.7 Å². The van der Waals surface area contributed by atoms with Gasteiger partial charge in [0.15, 0.2) is 11.5 Å². The summed E-state index contributed by atoms with van der Waals surface area (Å²) in [5.41, 5.74) is 8.39. The number of alkyl halides is 12. The molecule has 6 amide bonds. The van der Waals surface area contributed by atoms with E-state index in [4.69, 9.17) is 9.47 Å². The Morgan fingerprint density at radius 1 is 0.401 bits per heavy atom. The number of benzene rings is 7. The van der Waals surface area contributed by atoms with Crippen molar-refractivity contribution in [2.45, 2.75) is 166 Å². The van der Waals surface area contributed by atoms with Gasteiger partial charge in [-0.15, -0.1) is 0 Å². The molecule has 17 rings (SSSR count). The van der Waals surface area contributed by atoms with Crippen molar-refractivity contribution in [1.29, 1.82) is 0 Å². The van der Waals surface area contributed by atoms with Crippen LogP contribution in [0.15, 0.2) is 219 Å². The van der Waals surface area contributed by atoms with E-state index < -0.39 is 53.0 Å². The number of carbonyl (C=O) groups excluding carboxylic acids is 6. The first-order valence-electron chi connectivity index (χ1n) is 44.8. The summed E-state index contributed by atoms with van der Waals surface area (Å²) in [7, 11) is 0. The molecular formula is C102H101F13N14O8. The van der Waals surface area contributed by atoms with Gasteiger partial charge in [0.05, 0.1) is 16.6 Å². The Morgan fingerprint density at radius 2 is 0.869 bits per heavy atom. The number of ether oxygens (including phenoxy) is 2. The number of aromatic nitrogens is 6. The maximum atomic E-state index is 13.8. The standard InChI is InChI=1S/C23H23F3N4O.C22H24F3N3O3.C21H25N3O2.C18H14F4N2O.C18H15F3N2O/c24-23(25,26)20-10-7-17(22(29-20)30-13-2-1-3-14-30)8-11-21(31)28-18-9-6-16-5-4-12-27-19(16)15-18;23-22(24,25)19-8-4-15(21(27-19)28-10-2-1-3-11-28)5-9-20(29)26-16-6-7-17-18(14-16)31-13-12-30-17;1-21(2,3)18-9-4-14(13-22-18)5-10-19(25)23-16-8-6-15-7-11-20(26)24-17(15)12-16;19-15-9-13(18(20,21)22)4-1-11(15)3-6-17(25)24-14-5-2-12-7-8-23-16(12)10-14;19-18(20,21)14-4-1-12(2-5-14)3-8-17(24)23-15-6-7-16-13(11-15)9-10-22-16/h4-7,9-10,12,15H,1-3,8,11,13-14H2,(H,28,31);4,6-8,14H,1-3,5,9-13H2,(H,26,29);4,6,8-9,12-13H,5,7,10-11H2,1-3H3,(H,23,25)(H,24,26);1-2,4-5,7-10,23H,3,6H2,(H,24,25);1-2,4-7,9-11,22H,3,8H2,(H,23,24). The number of aromatic amines is 2. The van der Waals surface area contributed by atoms with E-state index in [0.717, 1.165) is 137 Å². The fraction of sp³-hybridized carbons (Fsp3) is 0.314. The minimum Gasteiger partial charge on any atom is -0.486 e. The van der Waals surface area contributed by atoms with Crippen LogP contribution >= 0.6 is 0 Å². The number of hydrogen-bond donors (Lipinski definition) is 8. The van der Waals surface area contributed by atoms with Crippen LogP contribution in [0.1, 0.15) is 159 Å². The van der Waals surface area contributed by atoms with Gasteiger partial charge >= 0.3 is 24.7 Å². The number of nitrogens with one attached hydrogen (secondary N) is 8. The van der Waals surface area contributed by atoms with Gasteiger partial charge in [-0.05, 0) is 243 Å². The predicted molar refractivity (Wildman–Crippen MR) is 500 cm³/mol. The summed E-state index contributed by atoms with van der Waals surface area (Å²) in [6.45, 7) is 10.0. The Labute approximate surface area is 780 Å². The first-order valence-corrected chi connectivity index (χ1v) is 44.8. The quantitative estimate of drug-likeness (QED) is 0.0293. The number of halogens is 13. The average Bonchev–Trinajstić information content (AvgIpc) is 1.26. The molecule has 0 unspecified atom stereocenters. The van der Waals surface area contributed by atoms with Crippen LogP contribution < -0.4 is 51.2 Å². The number of anilines is 8. The molecule has 0 radical (unpaired) electrons. The van der Waals surface area contributed by atoms with E-state index in [0.29, 0.717) is 152 Å². The van der Waals surface area contributed by atoms with E-state index in [2.05, 4.69) is 82.6 Å². The molecule has 0 spiro atoms. The minimum atomic E-state index is -4.59. The summed E-state index contributed by atoms with van der Waals surface area (Å²) < 4.78 is 179. The normalized spacial score (nSPS) is 13.7. The van der Waals surface area contributed by atoms with Gasteiger partial charge in [0, 0.05) is 163 Å². The highest BCUT2D eigenvalue weighted by Crippen LogP contribution is 2.39. The van der Waals surface area contributed by atoms with Crippen LogP contribution in [0.5, 0.6) is 11.5 Å². The Balaban J connectivity index is 0.000000145. The number of carbonyl (C=O) groups is 6. The number of amides is 6. The van der Waals surface area contributed by atoms with Gasteiger partial charge in [0.2, 0.25) is 35.4 Å². The maximum Gasteiger partial charge on any atom is 0.433 e. The number of fused-ring (bicyclic) bond motifs is 5. The van der Waals surface area contributed by atoms with Crippen LogP contribution in [-0.2, 0) is 97.4 Å². The zero-order valence-electron chi connectivity index (χ0n) is 75.1. The number of hydrogen-bond acceptors (Lipinski definition) is 14. The predicted octanol–water partition coefficient (Wildman–Crippen LogP) is 23.1. The van der Waals surface area contributed by atoms with E-state index in [1.165, 1.54) is 24.3 Å². The van der Waals surface area contributed by atoms with Crippen LogP contribution in [0.4, 0.5) is 103 Å². The smallest absolute Gasteiger partial charge is 0.433 e. The van der Waals surface area contributed by atoms with Gasteiger partial charge in [0.25, 0.3) is 0 Å². The Morgan fingerprint density at radius 3 is 1.42 bits per heavy atom. The van der Waals surface area contributed by atoms with E-state index in [1.807, 2.05) is 101 Å². The second-order valence-electron chi connectivity index (χ2n) is 34.2. The first kappa shape index (κ1) is 100. The molecule has 0 bridgehead atoms. The lowest BCUT2D eigenvalue weighted by Gasteiger charge is -2.30. The molecule has 718 valence electrons. The van der Waals surface area contributed by atoms with Gasteiger partial charge in [-0.2, -0.15) is 52.7 Å². The lowest BCUT2D eigenvalue weighted by atomic mass is 9.91. The van der Waals surface area contributed by atoms with E-state index in [-0.39, 0.29) is 78.5 Å². The highest BCUT2D eigenvalue weighted by atomic mass is 19.4. The van der Waals surface area contributed by atoms with E-state index >= 15 is 0 Å². The average molecular weight is 1900 g/mol. The summed E-state index contributed by atoms with van der Waals surface area (Å²) in [5.74, 6) is -0.0703. The summed E-state index contributed by atoms with van der Waals surface area (Å²) in [4.78, 5) is 99.2. The van der Waals surface area contributed by atoms with Crippen molar-refractivity contribution >= 4 is 114 Å². The molecule has 0 saturated carbocycles. The second-order valence-corrected chi connectivity index (χ2v) is 34.2. The summed E-state index contributed by atoms with van der Waals surface area (Å²) in [6.07, 6.45) is -1.23. The van der Waals surface area contributed by atoms with Gasteiger partial charge in [-0.25, -0.2) is 14.4 Å². The molecule has 10 heterocycles. The number of piperidine rings is 2. The van der Waals surface area contributed by atoms with Crippen molar-refractivity contribution in [2.24, 2.45) is 0 Å². The number of aryl methyl sites for hydroxylation is 6. The highest BCUT2D eigenvalue weighted by molar-refractivity contribution is 5.98. The molecular weight excluding hydrogens is 1800 g/mol. The zero-order chi connectivity index (χ0) is 97.6. The molecule has 13 aromatic rings. The number of H-pyrrole nitrogens is 2. The van der Waals surface area contributed by atoms with Crippen molar-refractivity contribution in [2.75, 3.05) is 81.1 Å². The van der Waals surface area contributed by atoms with E-state index in [1.54, 1.807) is 60.9 Å². The molecule has 22 nitrogen and oxygen atoms in total. The largest absolute Gasteiger partial charge is 0.486 e. The zero-order valence-corrected chi connectivity index (χ0v) is 75.1. The monoisotopic (exact) mass is 1900 g/mol. The maximum absolute atomic E-state index is 13.8. The molecule has 0 aliphatic carbocycles. The molecule has 137 heavy (non-hydrogen) atoms. The van der Waals surface area contributed by atoms with Gasteiger partial charge < -0.3 is 61.1 Å². The third kappa shape index (κ3) is 29.3. The number of rotatable bonds is 22. The van der Waals surface area contributed by atoms with Crippen LogP contribution in [-0.4, -0.2) is 105 Å². The van der Waals surface area contributed by atoms with Crippen molar-refractivity contribution in [3.63, 3.8) is 0 Å². The molecule has 2 saturated heterocycles. The SMILES string of the molecule is CC(C)(C)c1ccc(CCC(=O)Nc2ccc3c(c2)NC(=O)CC3)cn1.O=C(CCc1ccc(C(F)(F)F)cc1)Nc1ccc2[nH]ccc2c1.O=C(CCc1ccc(C(F)(F)F)cc1F)Nc1ccc2cc[nH]c2c1.O=C(CCc1ccc(C(F)(F)F)nc1N1CCCCC1)Nc1ccc2c(c1)OCCO2.O=C(CCc1ccc(C(F)(F)F)nc1N1CCCCC1)Nc1ccc2cccnc2c1. The summed E-state index contributed by atoms with van der Waals surface area (Å²) in [6, 6.07) is 50.9. The second kappa shape index (κ2) is 45.3. The minimum absolute atomic E-state index is 0.0144. The van der Waals surface area contributed by atoms with Gasteiger partial charge in [-0.3, -0.25) is 38.7 Å². The molecule has 35 heteroatoms. The van der Waals surface area contributed by atoms with E-state index in [9.17, 15) is 85.8 Å². The van der Waals surface area contributed by atoms with Crippen molar-refractivity contribution in [3.05, 3.63) is 286 Å². The number of pyridine rings is 4. The third-order valence-corrected chi connectivity index (χ3v) is 22.9. The molecule has 4 aliphatic heterocycles. The Bertz CT molecular complexity index is 6380. The molecule has 6 aromatic heterocycles. The highest BCUT2D eigenvalue weighted by Gasteiger charge is 2.37.